The van der Waals surface area contributed by atoms with E-state index in [1.165, 1.54) is 0 Å². The van der Waals surface area contributed by atoms with Crippen molar-refractivity contribution < 1.29 is 19.4 Å². The number of hydrogen-bond donors (Lipinski definition) is 2. The lowest BCUT2D eigenvalue weighted by Crippen LogP contribution is -2.26. The summed E-state index contributed by atoms with van der Waals surface area (Å²) in [4.78, 5) is 11.2. The molecule has 1 aromatic rings. The third-order valence-corrected chi connectivity index (χ3v) is 2.68. The third-order valence-electron chi connectivity index (χ3n) is 2.68. The number of rotatable bonds is 5. The maximum Gasteiger partial charge on any atom is 0.222 e. The predicted octanol–water partition coefficient (Wildman–Crippen LogP) is 0.499. The number of amides is 1. The van der Waals surface area contributed by atoms with Gasteiger partial charge in [-0.15, -0.1) is 0 Å². The number of fused-ring (bicyclic) bond motifs is 1. The topological polar surface area (TPSA) is 67.8 Å². The van der Waals surface area contributed by atoms with Gasteiger partial charge in [-0.2, -0.15) is 0 Å². The summed E-state index contributed by atoms with van der Waals surface area (Å²) in [5.41, 5.74) is 1.09. The van der Waals surface area contributed by atoms with Crippen LogP contribution in [0.3, 0.4) is 0 Å². The Labute approximate surface area is 106 Å². The average molecular weight is 251 g/mol. The highest BCUT2D eigenvalue weighted by atomic mass is 16.6. The van der Waals surface area contributed by atoms with Gasteiger partial charge in [0.2, 0.25) is 5.91 Å². The molecule has 1 aliphatic rings. The van der Waals surface area contributed by atoms with E-state index in [0.29, 0.717) is 19.8 Å². The van der Waals surface area contributed by atoms with E-state index in [9.17, 15) is 4.79 Å². The Bertz CT molecular complexity index is 419. The van der Waals surface area contributed by atoms with E-state index in [1.807, 2.05) is 18.2 Å². The van der Waals surface area contributed by atoms with Gasteiger partial charge in [0.15, 0.2) is 11.5 Å². The molecule has 0 radical (unpaired) electrons. The summed E-state index contributed by atoms with van der Waals surface area (Å²) in [7, 11) is 0. The number of aliphatic hydroxyl groups is 1. The molecule has 0 aromatic heterocycles. The van der Waals surface area contributed by atoms with Crippen LogP contribution >= 0.6 is 0 Å². The van der Waals surface area contributed by atoms with Crippen LogP contribution in [0.15, 0.2) is 18.2 Å². The van der Waals surface area contributed by atoms with Crippen molar-refractivity contribution in [1.82, 2.24) is 5.32 Å². The van der Waals surface area contributed by atoms with Crippen molar-refractivity contribution in [2.45, 2.75) is 12.8 Å². The Balaban J connectivity index is 1.84. The van der Waals surface area contributed by atoms with Crippen LogP contribution in [-0.2, 0) is 11.2 Å². The molecule has 0 atom stereocenters. The summed E-state index contributed by atoms with van der Waals surface area (Å²) < 4.78 is 10.9. The molecule has 2 N–H and O–H groups in total. The van der Waals surface area contributed by atoms with E-state index >= 15 is 0 Å². The Kier molecular flexibility index (Phi) is 4.41. The first-order valence-electron chi connectivity index (χ1n) is 6.05. The largest absolute Gasteiger partial charge is 0.486 e. The van der Waals surface area contributed by atoms with E-state index in [2.05, 4.69) is 5.32 Å². The molecule has 2 rings (SSSR count). The molecule has 0 saturated heterocycles. The van der Waals surface area contributed by atoms with Crippen LogP contribution in [0, 0.1) is 0 Å². The fourth-order valence-corrected chi connectivity index (χ4v) is 1.78. The molecular formula is C13H17NO4. The molecule has 1 amide bonds. The van der Waals surface area contributed by atoms with Crippen molar-refractivity contribution in [2.24, 2.45) is 0 Å². The van der Waals surface area contributed by atoms with E-state index < -0.39 is 0 Å². The molecule has 98 valence electrons. The number of ether oxygens (including phenoxy) is 2. The zero-order valence-electron chi connectivity index (χ0n) is 10.1. The molecule has 0 bridgehead atoms. The van der Waals surface area contributed by atoms with Gasteiger partial charge in [0.05, 0.1) is 6.61 Å². The van der Waals surface area contributed by atoms with Crippen molar-refractivity contribution in [3.63, 3.8) is 0 Å². The summed E-state index contributed by atoms with van der Waals surface area (Å²) in [5, 5.41) is 11.3. The number of nitrogens with one attached hydrogen (secondary N) is 1. The highest BCUT2D eigenvalue weighted by molar-refractivity contribution is 5.75. The molecule has 0 aliphatic carbocycles. The monoisotopic (exact) mass is 251 g/mol. The fraction of sp³-hybridized carbons (Fsp3) is 0.462. The van der Waals surface area contributed by atoms with Crippen molar-refractivity contribution in [1.29, 1.82) is 0 Å². The summed E-state index contributed by atoms with van der Waals surface area (Å²) in [6.07, 6.45) is 0.884. The normalized spacial score (nSPS) is 13.2. The second-order valence-electron chi connectivity index (χ2n) is 4.05. The lowest BCUT2D eigenvalue weighted by molar-refractivity contribution is -0.121. The number of carbonyl (C=O) groups excluding carboxylic acids is 1. The van der Waals surface area contributed by atoms with Crippen LogP contribution in [0.4, 0.5) is 0 Å². The molecule has 1 heterocycles. The SMILES string of the molecule is O=C(CCO)NCCc1ccc2c(c1)OCCO2. The molecule has 0 saturated carbocycles. The molecule has 5 heteroatoms. The van der Waals surface area contributed by atoms with Crippen LogP contribution in [0.1, 0.15) is 12.0 Å². The summed E-state index contributed by atoms with van der Waals surface area (Å²) in [6, 6.07) is 5.79. The standard InChI is InChI=1S/C13H17NO4/c15-6-4-13(16)14-5-3-10-1-2-11-12(9-10)18-8-7-17-11/h1-2,9,15H,3-8H2,(H,14,16). The Morgan fingerprint density at radius 3 is 2.83 bits per heavy atom. The minimum Gasteiger partial charge on any atom is -0.486 e. The van der Waals surface area contributed by atoms with Gasteiger partial charge in [0.1, 0.15) is 13.2 Å². The number of hydrogen-bond acceptors (Lipinski definition) is 4. The number of benzene rings is 1. The summed E-state index contributed by atoms with van der Waals surface area (Å²) in [5.74, 6) is 1.41. The van der Waals surface area contributed by atoms with Crippen LogP contribution in [0.25, 0.3) is 0 Å². The maximum absolute atomic E-state index is 11.2. The minimum absolute atomic E-state index is 0.115. The smallest absolute Gasteiger partial charge is 0.222 e. The Morgan fingerprint density at radius 2 is 2.06 bits per heavy atom. The van der Waals surface area contributed by atoms with Gasteiger partial charge in [-0.1, -0.05) is 6.07 Å². The number of carbonyl (C=O) groups is 1. The van der Waals surface area contributed by atoms with Gasteiger partial charge in [-0.05, 0) is 24.1 Å². The van der Waals surface area contributed by atoms with Crippen LogP contribution in [0.5, 0.6) is 11.5 Å². The molecule has 0 fully saturated rings. The van der Waals surface area contributed by atoms with Gasteiger partial charge >= 0.3 is 0 Å². The molecule has 5 nitrogen and oxygen atoms in total. The first-order valence-corrected chi connectivity index (χ1v) is 6.05. The van der Waals surface area contributed by atoms with Gasteiger partial charge in [-0.3, -0.25) is 4.79 Å². The quantitative estimate of drug-likeness (QED) is 0.799. The van der Waals surface area contributed by atoms with E-state index in [1.54, 1.807) is 0 Å². The lowest BCUT2D eigenvalue weighted by Gasteiger charge is -2.18. The highest BCUT2D eigenvalue weighted by Crippen LogP contribution is 2.30. The van der Waals surface area contributed by atoms with Crippen molar-refractivity contribution >= 4 is 5.91 Å². The summed E-state index contributed by atoms with van der Waals surface area (Å²) >= 11 is 0. The average Bonchev–Trinajstić information content (AvgIpc) is 2.39. The lowest BCUT2D eigenvalue weighted by atomic mass is 10.1. The van der Waals surface area contributed by atoms with E-state index in [-0.39, 0.29) is 18.9 Å². The third kappa shape index (κ3) is 3.37. The molecular weight excluding hydrogens is 234 g/mol. The fourth-order valence-electron chi connectivity index (χ4n) is 1.78. The highest BCUT2D eigenvalue weighted by Gasteiger charge is 2.11. The maximum atomic E-state index is 11.2. The molecule has 0 spiro atoms. The predicted molar refractivity (Wildman–Crippen MR) is 65.8 cm³/mol. The minimum atomic E-state index is -0.130. The molecule has 0 unspecified atom stereocenters. The van der Waals surface area contributed by atoms with Crippen molar-refractivity contribution in [2.75, 3.05) is 26.4 Å². The van der Waals surface area contributed by atoms with Gasteiger partial charge in [-0.25, -0.2) is 0 Å². The second kappa shape index (κ2) is 6.26. The van der Waals surface area contributed by atoms with E-state index in [4.69, 9.17) is 14.6 Å². The Morgan fingerprint density at radius 1 is 1.28 bits per heavy atom. The molecule has 18 heavy (non-hydrogen) atoms. The zero-order valence-corrected chi connectivity index (χ0v) is 10.1. The van der Waals surface area contributed by atoms with Crippen LogP contribution in [-0.4, -0.2) is 37.4 Å². The number of aliphatic hydroxyl groups excluding tert-OH is 1. The molecule has 1 aromatic carbocycles. The van der Waals surface area contributed by atoms with Crippen LogP contribution in [0.2, 0.25) is 0 Å². The first kappa shape index (κ1) is 12.7. The van der Waals surface area contributed by atoms with Crippen LogP contribution < -0.4 is 14.8 Å². The van der Waals surface area contributed by atoms with Gasteiger partial charge < -0.3 is 19.9 Å². The van der Waals surface area contributed by atoms with E-state index in [0.717, 1.165) is 23.5 Å². The van der Waals surface area contributed by atoms with Crippen molar-refractivity contribution in [3.05, 3.63) is 23.8 Å². The molecule has 1 aliphatic heterocycles. The second-order valence-corrected chi connectivity index (χ2v) is 4.05. The first-order chi connectivity index (χ1) is 8.79. The van der Waals surface area contributed by atoms with Gasteiger partial charge in [0, 0.05) is 13.0 Å². The summed E-state index contributed by atoms with van der Waals surface area (Å²) in [6.45, 7) is 1.60. The zero-order chi connectivity index (χ0) is 12.8. The van der Waals surface area contributed by atoms with Crippen molar-refractivity contribution in [3.8, 4) is 11.5 Å². The Hall–Kier alpha value is -1.75. The van der Waals surface area contributed by atoms with Gasteiger partial charge in [0.25, 0.3) is 0 Å².